The average Bonchev–Trinajstić information content (AvgIpc) is 2.64. The maximum atomic E-state index is 13.7. The van der Waals surface area contributed by atoms with Gasteiger partial charge < -0.3 is 15.4 Å². The minimum absolute atomic E-state index is 0. The number of carbonyl (C=O) groups is 1. The number of amides is 1. The second kappa shape index (κ2) is 12.8. The van der Waals surface area contributed by atoms with Gasteiger partial charge in [0.15, 0.2) is 0 Å². The van der Waals surface area contributed by atoms with E-state index in [0.717, 1.165) is 36.7 Å². The van der Waals surface area contributed by atoms with Crippen LogP contribution in [0.15, 0.2) is 24.3 Å². The van der Waals surface area contributed by atoms with Gasteiger partial charge in [0, 0.05) is 50.1 Å². The molecule has 2 fully saturated rings. The number of nitrogens with one attached hydrogen (secondary N) is 2. The number of nitrogens with zero attached hydrogens (tertiary/aromatic N) is 1. The van der Waals surface area contributed by atoms with E-state index in [2.05, 4.69) is 15.5 Å². The third-order valence-electron chi connectivity index (χ3n) is 4.64. The highest BCUT2D eigenvalue weighted by molar-refractivity contribution is 7.99. The number of thioether (sulfide) groups is 1. The topological polar surface area (TPSA) is 53.6 Å². The lowest BCUT2D eigenvalue weighted by molar-refractivity contribution is -0.121. The Morgan fingerprint density at radius 1 is 1.37 bits per heavy atom. The molecule has 2 saturated heterocycles. The van der Waals surface area contributed by atoms with Crippen LogP contribution in [0, 0.1) is 5.82 Å². The van der Waals surface area contributed by atoms with Crippen molar-refractivity contribution in [1.82, 2.24) is 15.5 Å². The smallest absolute Gasteiger partial charge is 0.221 e. The summed E-state index contributed by atoms with van der Waals surface area (Å²) < 4.78 is 19.1. The fourth-order valence-corrected chi connectivity index (χ4v) is 4.27. The van der Waals surface area contributed by atoms with Gasteiger partial charge in [-0.2, -0.15) is 11.8 Å². The van der Waals surface area contributed by atoms with Gasteiger partial charge in [-0.3, -0.25) is 9.69 Å². The number of halogens is 3. The van der Waals surface area contributed by atoms with Crippen molar-refractivity contribution < 1.29 is 13.9 Å². The van der Waals surface area contributed by atoms with Crippen molar-refractivity contribution in [2.45, 2.75) is 18.5 Å². The van der Waals surface area contributed by atoms with Crippen molar-refractivity contribution in [1.29, 1.82) is 0 Å². The first-order chi connectivity index (χ1) is 12.2. The van der Waals surface area contributed by atoms with Gasteiger partial charge in [0.25, 0.3) is 0 Å². The Hall–Kier alpha value is -0.570. The SMILES string of the molecule is Cl.Cl.O=C(CC1CSCCN1)NCC(c1cccc(F)c1)N1CCOCC1. The molecule has 2 unspecified atom stereocenters. The molecule has 154 valence electrons. The monoisotopic (exact) mass is 439 g/mol. The quantitative estimate of drug-likeness (QED) is 0.711. The number of benzene rings is 1. The Balaban J connectivity index is 0.00000182. The zero-order valence-electron chi connectivity index (χ0n) is 15.2. The standard InChI is InChI=1S/C18H26FN3O2S.2ClH/c19-15-3-1-2-14(10-15)17(22-5-7-24-8-6-22)12-21-18(23)11-16-13-25-9-4-20-16;;/h1-3,10,16-17,20H,4-9,11-13H2,(H,21,23);2*1H. The van der Waals surface area contributed by atoms with Crippen LogP contribution >= 0.6 is 36.6 Å². The molecule has 0 bridgehead atoms. The summed E-state index contributed by atoms with van der Waals surface area (Å²) in [5.74, 6) is 1.89. The molecule has 3 rings (SSSR count). The summed E-state index contributed by atoms with van der Waals surface area (Å²) in [7, 11) is 0. The fourth-order valence-electron chi connectivity index (χ4n) is 3.32. The van der Waals surface area contributed by atoms with Crippen LogP contribution in [0.5, 0.6) is 0 Å². The van der Waals surface area contributed by atoms with Crippen LogP contribution in [-0.4, -0.2) is 67.7 Å². The molecule has 1 amide bonds. The van der Waals surface area contributed by atoms with Crippen molar-refractivity contribution in [2.24, 2.45) is 0 Å². The summed E-state index contributed by atoms with van der Waals surface area (Å²) >= 11 is 1.88. The Labute approximate surface area is 177 Å². The number of rotatable bonds is 6. The molecule has 27 heavy (non-hydrogen) atoms. The molecule has 2 aliphatic heterocycles. The van der Waals surface area contributed by atoms with E-state index in [9.17, 15) is 9.18 Å². The van der Waals surface area contributed by atoms with Gasteiger partial charge >= 0.3 is 0 Å². The Bertz CT molecular complexity index is 573. The largest absolute Gasteiger partial charge is 0.379 e. The van der Waals surface area contributed by atoms with Gasteiger partial charge in [0.2, 0.25) is 5.91 Å². The lowest BCUT2D eigenvalue weighted by Gasteiger charge is -2.35. The highest BCUT2D eigenvalue weighted by Gasteiger charge is 2.24. The molecule has 0 radical (unpaired) electrons. The van der Waals surface area contributed by atoms with Gasteiger partial charge in [-0.25, -0.2) is 4.39 Å². The molecule has 0 aromatic heterocycles. The Morgan fingerprint density at radius 3 is 2.81 bits per heavy atom. The molecule has 0 aliphatic carbocycles. The molecule has 2 N–H and O–H groups in total. The van der Waals surface area contributed by atoms with E-state index >= 15 is 0 Å². The van der Waals surface area contributed by atoms with Gasteiger partial charge in [0.05, 0.1) is 19.3 Å². The predicted molar refractivity (Wildman–Crippen MR) is 113 cm³/mol. The van der Waals surface area contributed by atoms with Crippen LogP contribution in [0.1, 0.15) is 18.0 Å². The summed E-state index contributed by atoms with van der Waals surface area (Å²) in [6.07, 6.45) is 0.492. The number of carbonyl (C=O) groups excluding carboxylic acids is 1. The van der Waals surface area contributed by atoms with Crippen molar-refractivity contribution in [3.05, 3.63) is 35.6 Å². The molecule has 9 heteroatoms. The molecule has 5 nitrogen and oxygen atoms in total. The summed E-state index contributed by atoms with van der Waals surface area (Å²) in [6.45, 7) is 4.37. The van der Waals surface area contributed by atoms with E-state index in [1.165, 1.54) is 6.07 Å². The van der Waals surface area contributed by atoms with Crippen molar-refractivity contribution in [3.8, 4) is 0 Å². The van der Waals surface area contributed by atoms with E-state index in [-0.39, 0.29) is 48.6 Å². The second-order valence-electron chi connectivity index (χ2n) is 6.45. The van der Waals surface area contributed by atoms with E-state index in [1.807, 2.05) is 17.8 Å². The predicted octanol–water partition coefficient (Wildman–Crippen LogP) is 2.25. The minimum Gasteiger partial charge on any atom is -0.379 e. The first-order valence-corrected chi connectivity index (χ1v) is 10.0. The molecule has 2 atom stereocenters. The first kappa shape index (κ1) is 24.5. The normalized spacial score (nSPS) is 21.4. The molecule has 2 aliphatic rings. The van der Waals surface area contributed by atoms with Crippen LogP contribution in [0.25, 0.3) is 0 Å². The van der Waals surface area contributed by atoms with Gasteiger partial charge in [-0.05, 0) is 17.7 Å². The van der Waals surface area contributed by atoms with Crippen molar-refractivity contribution in [3.63, 3.8) is 0 Å². The van der Waals surface area contributed by atoms with E-state index in [1.54, 1.807) is 12.1 Å². The van der Waals surface area contributed by atoms with Crippen LogP contribution in [0.4, 0.5) is 4.39 Å². The van der Waals surface area contributed by atoms with Gasteiger partial charge in [-0.1, -0.05) is 12.1 Å². The second-order valence-corrected chi connectivity index (χ2v) is 7.60. The highest BCUT2D eigenvalue weighted by Crippen LogP contribution is 2.22. The first-order valence-electron chi connectivity index (χ1n) is 8.87. The summed E-state index contributed by atoms with van der Waals surface area (Å²) in [6, 6.07) is 6.88. The van der Waals surface area contributed by atoms with E-state index in [4.69, 9.17) is 4.74 Å². The zero-order chi connectivity index (χ0) is 17.5. The van der Waals surface area contributed by atoms with E-state index < -0.39 is 0 Å². The Kier molecular flexibility index (Phi) is 11.6. The van der Waals surface area contributed by atoms with Crippen LogP contribution in [0.3, 0.4) is 0 Å². The zero-order valence-corrected chi connectivity index (χ0v) is 17.6. The molecule has 0 saturated carbocycles. The van der Waals surface area contributed by atoms with Gasteiger partial charge in [-0.15, -0.1) is 24.8 Å². The molecule has 1 aromatic carbocycles. The Morgan fingerprint density at radius 2 is 2.15 bits per heavy atom. The van der Waals surface area contributed by atoms with Crippen molar-refractivity contribution in [2.75, 3.05) is 50.9 Å². The lowest BCUT2D eigenvalue weighted by atomic mass is 10.0. The molecular weight excluding hydrogens is 412 g/mol. The number of hydrogen-bond acceptors (Lipinski definition) is 5. The molecule has 0 spiro atoms. The highest BCUT2D eigenvalue weighted by atomic mass is 35.5. The summed E-state index contributed by atoms with van der Waals surface area (Å²) in [4.78, 5) is 14.6. The van der Waals surface area contributed by atoms with Crippen LogP contribution < -0.4 is 10.6 Å². The maximum Gasteiger partial charge on any atom is 0.221 e. The summed E-state index contributed by atoms with van der Waals surface area (Å²) in [5.41, 5.74) is 0.897. The lowest BCUT2D eigenvalue weighted by Crippen LogP contribution is -2.45. The average molecular weight is 440 g/mol. The molecule has 2 heterocycles. The third-order valence-corrected chi connectivity index (χ3v) is 5.77. The fraction of sp³-hybridized carbons (Fsp3) is 0.611. The maximum absolute atomic E-state index is 13.7. The van der Waals surface area contributed by atoms with Gasteiger partial charge in [0.1, 0.15) is 5.82 Å². The molecule has 1 aromatic rings. The third kappa shape index (κ3) is 7.75. The molecular formula is C18H28Cl2FN3O2S. The van der Waals surface area contributed by atoms with E-state index in [0.29, 0.717) is 26.2 Å². The van der Waals surface area contributed by atoms with Crippen molar-refractivity contribution >= 4 is 42.5 Å². The number of hydrogen-bond donors (Lipinski definition) is 2. The number of ether oxygens (including phenoxy) is 1. The minimum atomic E-state index is -0.245. The summed E-state index contributed by atoms with van der Waals surface area (Å²) in [5, 5.41) is 6.43. The van der Waals surface area contributed by atoms with Crippen LogP contribution in [0.2, 0.25) is 0 Å². The van der Waals surface area contributed by atoms with Crippen LogP contribution in [-0.2, 0) is 9.53 Å². The number of morpholine rings is 1.